The van der Waals surface area contributed by atoms with Crippen molar-refractivity contribution in [1.29, 1.82) is 0 Å². The molecule has 0 unspecified atom stereocenters. The molecular weight excluding hydrogens is 420 g/mol. The predicted octanol–water partition coefficient (Wildman–Crippen LogP) is 2.14. The lowest BCUT2D eigenvalue weighted by atomic mass is 9.86. The van der Waals surface area contributed by atoms with Crippen LogP contribution in [0.1, 0.15) is 22.9 Å². The first kappa shape index (κ1) is 20.1. The minimum atomic E-state index is -0.532. The van der Waals surface area contributed by atoms with E-state index in [1.54, 1.807) is 9.80 Å². The average Bonchev–Trinajstić information content (AvgIpc) is 3.43. The number of amides is 2. The number of nitrogens with one attached hydrogen (secondary N) is 1. The van der Waals surface area contributed by atoms with E-state index in [0.29, 0.717) is 24.5 Å². The molecule has 0 bridgehead atoms. The molecule has 2 amide bonds. The van der Waals surface area contributed by atoms with Crippen molar-refractivity contribution in [3.8, 4) is 11.5 Å². The standard InChI is InChI=1S/C25H26N4O4/c1-27(2)9-10-28-13-22(30)29-19(25(28)31)12-17-16-5-3-4-6-18(16)26-23(17)24(29)15-7-8-20-21(11-15)33-14-32-20/h3-8,11,19,24,26H,9-10,12-14H2,1-2H3/t19-,24-/m1/s1. The van der Waals surface area contributed by atoms with Crippen LogP contribution in [0.3, 0.4) is 0 Å². The molecule has 8 heteroatoms. The van der Waals surface area contributed by atoms with Crippen molar-refractivity contribution in [3.63, 3.8) is 0 Å². The SMILES string of the molecule is CN(C)CCN1CC(=O)N2[C@H](c3ccc4c(c3)OCO4)c3[nH]c4ccccc4c3C[C@@H]2C1=O. The molecule has 4 heterocycles. The van der Waals surface area contributed by atoms with Crippen LogP contribution in [0.4, 0.5) is 0 Å². The van der Waals surface area contributed by atoms with Gasteiger partial charge in [-0.2, -0.15) is 0 Å². The van der Waals surface area contributed by atoms with Crippen molar-refractivity contribution in [2.45, 2.75) is 18.5 Å². The minimum Gasteiger partial charge on any atom is -0.454 e. The van der Waals surface area contributed by atoms with E-state index in [4.69, 9.17) is 9.47 Å². The van der Waals surface area contributed by atoms with Gasteiger partial charge in [-0.3, -0.25) is 9.59 Å². The Balaban J connectivity index is 1.48. The maximum atomic E-state index is 13.6. The lowest BCUT2D eigenvalue weighted by Crippen LogP contribution is -2.63. The number of benzene rings is 2. The molecular formula is C25H26N4O4. The van der Waals surface area contributed by atoms with Gasteiger partial charge in [0, 0.05) is 36.1 Å². The zero-order valence-electron chi connectivity index (χ0n) is 18.7. The topological polar surface area (TPSA) is 78.1 Å². The van der Waals surface area contributed by atoms with Gasteiger partial charge in [0.2, 0.25) is 18.6 Å². The molecule has 170 valence electrons. The first-order valence-corrected chi connectivity index (χ1v) is 11.2. The van der Waals surface area contributed by atoms with E-state index in [-0.39, 0.29) is 25.2 Å². The van der Waals surface area contributed by atoms with Crippen molar-refractivity contribution in [1.82, 2.24) is 19.7 Å². The van der Waals surface area contributed by atoms with Gasteiger partial charge >= 0.3 is 0 Å². The molecule has 33 heavy (non-hydrogen) atoms. The summed E-state index contributed by atoms with van der Waals surface area (Å²) in [5, 5.41) is 1.10. The van der Waals surface area contributed by atoms with Crippen LogP contribution in [0, 0.1) is 0 Å². The highest BCUT2D eigenvalue weighted by atomic mass is 16.7. The third-order valence-electron chi connectivity index (χ3n) is 6.87. The summed E-state index contributed by atoms with van der Waals surface area (Å²) < 4.78 is 11.1. The molecule has 8 nitrogen and oxygen atoms in total. The normalized spacial score (nSPS) is 21.7. The Morgan fingerprint density at radius 3 is 2.76 bits per heavy atom. The summed E-state index contributed by atoms with van der Waals surface area (Å²) in [6.07, 6.45) is 0.503. The van der Waals surface area contributed by atoms with Crippen LogP contribution in [0.5, 0.6) is 11.5 Å². The Morgan fingerprint density at radius 2 is 1.91 bits per heavy atom. The van der Waals surface area contributed by atoms with Gasteiger partial charge in [-0.05, 0) is 43.4 Å². The fraction of sp³-hybridized carbons (Fsp3) is 0.360. The number of aromatic nitrogens is 1. The number of aromatic amines is 1. The van der Waals surface area contributed by atoms with E-state index in [1.165, 1.54) is 0 Å². The summed E-state index contributed by atoms with van der Waals surface area (Å²) in [6, 6.07) is 13.0. The number of H-pyrrole nitrogens is 1. The maximum Gasteiger partial charge on any atom is 0.246 e. The summed E-state index contributed by atoms with van der Waals surface area (Å²) in [5.74, 6) is 1.33. The number of fused-ring (bicyclic) bond motifs is 5. The molecule has 1 N–H and O–H groups in total. The maximum absolute atomic E-state index is 13.6. The van der Waals surface area contributed by atoms with Crippen LogP contribution >= 0.6 is 0 Å². The number of para-hydroxylation sites is 1. The molecule has 0 spiro atoms. The van der Waals surface area contributed by atoms with Crippen LogP contribution in [-0.2, 0) is 16.0 Å². The Hall–Kier alpha value is -3.52. The Morgan fingerprint density at radius 1 is 1.09 bits per heavy atom. The number of piperazine rings is 1. The molecule has 2 atom stereocenters. The number of ether oxygens (including phenoxy) is 2. The molecule has 1 aromatic heterocycles. The molecule has 3 aliphatic heterocycles. The van der Waals surface area contributed by atoms with E-state index < -0.39 is 12.1 Å². The first-order valence-electron chi connectivity index (χ1n) is 11.2. The van der Waals surface area contributed by atoms with E-state index >= 15 is 0 Å². The van der Waals surface area contributed by atoms with Gasteiger partial charge in [0.25, 0.3) is 0 Å². The third-order valence-corrected chi connectivity index (χ3v) is 6.87. The number of carbonyl (C=O) groups is 2. The van der Waals surface area contributed by atoms with Crippen molar-refractivity contribution in [2.24, 2.45) is 0 Å². The molecule has 3 aliphatic rings. The molecule has 2 aromatic carbocycles. The quantitative estimate of drug-likeness (QED) is 0.665. The monoisotopic (exact) mass is 446 g/mol. The summed E-state index contributed by atoms with van der Waals surface area (Å²) in [6.45, 7) is 1.54. The van der Waals surface area contributed by atoms with Crippen molar-refractivity contribution in [3.05, 3.63) is 59.3 Å². The van der Waals surface area contributed by atoms with Gasteiger partial charge in [-0.25, -0.2) is 0 Å². The summed E-state index contributed by atoms with van der Waals surface area (Å²) in [7, 11) is 3.94. The zero-order chi connectivity index (χ0) is 22.7. The van der Waals surface area contributed by atoms with Crippen LogP contribution in [-0.4, -0.2) is 78.1 Å². The van der Waals surface area contributed by atoms with Crippen LogP contribution < -0.4 is 9.47 Å². The van der Waals surface area contributed by atoms with Gasteiger partial charge < -0.3 is 29.2 Å². The molecule has 1 saturated heterocycles. The van der Waals surface area contributed by atoms with Gasteiger partial charge in [-0.1, -0.05) is 24.3 Å². The number of nitrogens with zero attached hydrogens (tertiary/aromatic N) is 3. The fourth-order valence-corrected chi connectivity index (χ4v) is 5.26. The van der Waals surface area contributed by atoms with Crippen molar-refractivity contribution >= 4 is 22.7 Å². The van der Waals surface area contributed by atoms with Gasteiger partial charge in [0.15, 0.2) is 11.5 Å². The van der Waals surface area contributed by atoms with Crippen molar-refractivity contribution < 1.29 is 19.1 Å². The van der Waals surface area contributed by atoms with E-state index in [1.807, 2.05) is 55.4 Å². The largest absolute Gasteiger partial charge is 0.454 e. The number of carbonyl (C=O) groups excluding carboxylic acids is 2. The molecule has 1 fully saturated rings. The van der Waals surface area contributed by atoms with Gasteiger partial charge in [-0.15, -0.1) is 0 Å². The summed E-state index contributed by atoms with van der Waals surface area (Å²) in [4.78, 5) is 36.2. The molecule has 6 rings (SSSR count). The van der Waals surface area contributed by atoms with E-state index in [0.717, 1.165) is 34.3 Å². The third kappa shape index (κ3) is 3.16. The van der Waals surface area contributed by atoms with Crippen LogP contribution in [0.2, 0.25) is 0 Å². The van der Waals surface area contributed by atoms with E-state index in [2.05, 4.69) is 11.1 Å². The number of hydrogen-bond donors (Lipinski definition) is 1. The first-order chi connectivity index (χ1) is 16.0. The van der Waals surface area contributed by atoms with Crippen molar-refractivity contribution in [2.75, 3.05) is 40.5 Å². The smallest absolute Gasteiger partial charge is 0.246 e. The highest BCUT2D eigenvalue weighted by Crippen LogP contribution is 2.44. The van der Waals surface area contributed by atoms with Crippen LogP contribution in [0.25, 0.3) is 10.9 Å². The molecule has 0 radical (unpaired) electrons. The number of hydrogen-bond acceptors (Lipinski definition) is 5. The number of rotatable bonds is 4. The van der Waals surface area contributed by atoms with Gasteiger partial charge in [0.1, 0.15) is 6.04 Å². The highest BCUT2D eigenvalue weighted by Gasteiger charge is 2.48. The average molecular weight is 447 g/mol. The minimum absolute atomic E-state index is 0.0122. The van der Waals surface area contributed by atoms with Gasteiger partial charge in [0.05, 0.1) is 12.6 Å². The van der Waals surface area contributed by atoms with Crippen LogP contribution in [0.15, 0.2) is 42.5 Å². The predicted molar refractivity (Wildman–Crippen MR) is 122 cm³/mol. The second-order valence-electron chi connectivity index (χ2n) is 9.16. The van der Waals surface area contributed by atoms with E-state index in [9.17, 15) is 9.59 Å². The Labute approximate surface area is 191 Å². The lowest BCUT2D eigenvalue weighted by Gasteiger charge is -2.47. The fourth-order valence-electron chi connectivity index (χ4n) is 5.26. The lowest BCUT2D eigenvalue weighted by molar-refractivity contribution is -0.158. The number of likely N-dealkylation sites (N-methyl/N-ethyl adjacent to an activating group) is 1. The molecule has 0 saturated carbocycles. The Kier molecular flexibility index (Phi) is 4.58. The second kappa shape index (κ2) is 7.52. The highest BCUT2D eigenvalue weighted by molar-refractivity contribution is 5.97. The molecule has 3 aromatic rings. The molecule has 0 aliphatic carbocycles. The summed E-state index contributed by atoms with van der Waals surface area (Å²) in [5.41, 5.74) is 3.98. The Bertz CT molecular complexity index is 1270. The summed E-state index contributed by atoms with van der Waals surface area (Å²) >= 11 is 0. The zero-order valence-corrected chi connectivity index (χ0v) is 18.7. The second-order valence-corrected chi connectivity index (χ2v) is 9.16.